The van der Waals surface area contributed by atoms with Gasteiger partial charge in [-0.15, -0.1) is 0 Å². The summed E-state index contributed by atoms with van der Waals surface area (Å²) in [5.41, 5.74) is 6.16. The summed E-state index contributed by atoms with van der Waals surface area (Å²) in [7, 11) is 0. The lowest BCUT2D eigenvalue weighted by molar-refractivity contribution is -0.132. The van der Waals surface area contributed by atoms with Crippen LogP contribution in [0.25, 0.3) is 0 Å². The van der Waals surface area contributed by atoms with Crippen LogP contribution in [0, 0.1) is 0 Å². The number of carbonyl (C=O) groups is 2. The molecule has 0 aliphatic carbocycles. The fraction of sp³-hybridized carbons (Fsp3) is 0.556. The minimum absolute atomic E-state index is 0.0383. The molecule has 0 atom stereocenters. The average Bonchev–Trinajstić information content (AvgIpc) is 2.61. The zero-order valence-electron chi connectivity index (χ0n) is 14.0. The Morgan fingerprint density at radius 1 is 0.917 bits per heavy atom. The number of carbonyl (C=O) groups excluding carboxylic acids is 2. The van der Waals surface area contributed by atoms with Gasteiger partial charge in [0.15, 0.2) is 0 Å². The van der Waals surface area contributed by atoms with Gasteiger partial charge in [-0.25, -0.2) is 0 Å². The lowest BCUT2D eigenvalue weighted by atomic mass is 10.1. The number of hydrogen-bond donors (Lipinski definition) is 1. The Hall–Kier alpha value is -1.40. The molecule has 0 saturated carbocycles. The van der Waals surface area contributed by atoms with E-state index in [1.54, 1.807) is 0 Å². The monoisotopic (exact) mass is 395 g/mol. The van der Waals surface area contributed by atoms with Crippen molar-refractivity contribution < 1.29 is 9.59 Å². The second-order valence-electron chi connectivity index (χ2n) is 6.13. The maximum atomic E-state index is 12.5. The summed E-state index contributed by atoms with van der Waals surface area (Å²) in [4.78, 5) is 28.4. The molecule has 1 aromatic carbocycles. The lowest BCUT2D eigenvalue weighted by Gasteiger charge is -2.35. The predicted octanol–water partition coefficient (Wildman–Crippen LogP) is 2.64. The molecule has 0 aromatic heterocycles. The van der Waals surface area contributed by atoms with Crippen LogP contribution in [0.2, 0.25) is 0 Å². The average molecular weight is 396 g/mol. The molecule has 6 heteroatoms. The fourth-order valence-electron chi connectivity index (χ4n) is 2.87. The van der Waals surface area contributed by atoms with Crippen molar-refractivity contribution in [2.24, 2.45) is 5.73 Å². The molecule has 5 nitrogen and oxygen atoms in total. The quantitative estimate of drug-likeness (QED) is 0.721. The van der Waals surface area contributed by atoms with Gasteiger partial charge in [-0.2, -0.15) is 0 Å². The molecule has 1 saturated heterocycles. The summed E-state index contributed by atoms with van der Waals surface area (Å²) in [5, 5.41) is 0. The summed E-state index contributed by atoms with van der Waals surface area (Å²) < 4.78 is 0.959. The van der Waals surface area contributed by atoms with Crippen LogP contribution in [0.1, 0.15) is 42.5 Å². The second kappa shape index (κ2) is 9.79. The van der Waals surface area contributed by atoms with E-state index in [0.717, 1.165) is 36.7 Å². The Kier molecular flexibility index (Phi) is 7.72. The number of halogens is 1. The van der Waals surface area contributed by atoms with Gasteiger partial charge in [0.25, 0.3) is 5.91 Å². The van der Waals surface area contributed by atoms with E-state index in [-0.39, 0.29) is 11.8 Å². The zero-order valence-corrected chi connectivity index (χ0v) is 15.6. The number of hydrogen-bond acceptors (Lipinski definition) is 3. The summed E-state index contributed by atoms with van der Waals surface area (Å²) in [5.74, 6) is 0.245. The first-order valence-electron chi connectivity index (χ1n) is 8.64. The van der Waals surface area contributed by atoms with Crippen molar-refractivity contribution in [2.75, 3.05) is 32.7 Å². The third-order valence-corrected chi connectivity index (χ3v) is 4.88. The van der Waals surface area contributed by atoms with E-state index in [1.807, 2.05) is 34.1 Å². The molecule has 2 rings (SSSR count). The van der Waals surface area contributed by atoms with E-state index in [4.69, 9.17) is 5.73 Å². The van der Waals surface area contributed by atoms with E-state index in [0.29, 0.717) is 38.2 Å². The van der Waals surface area contributed by atoms with Gasteiger partial charge in [0, 0.05) is 42.6 Å². The fourth-order valence-corrected chi connectivity index (χ4v) is 3.13. The topological polar surface area (TPSA) is 66.6 Å². The van der Waals surface area contributed by atoms with Crippen LogP contribution in [-0.4, -0.2) is 54.3 Å². The summed E-state index contributed by atoms with van der Waals surface area (Å²) in [6.07, 6.45) is 4.72. The minimum Gasteiger partial charge on any atom is -0.339 e. The molecule has 2 amide bonds. The lowest BCUT2D eigenvalue weighted by Crippen LogP contribution is -2.50. The van der Waals surface area contributed by atoms with Crippen LogP contribution >= 0.6 is 15.9 Å². The first-order chi connectivity index (χ1) is 11.6. The summed E-state index contributed by atoms with van der Waals surface area (Å²) in [6.45, 7) is 3.19. The molecule has 0 unspecified atom stereocenters. The maximum absolute atomic E-state index is 12.5. The van der Waals surface area contributed by atoms with Crippen molar-refractivity contribution in [1.82, 2.24) is 9.80 Å². The largest absolute Gasteiger partial charge is 0.339 e. The van der Waals surface area contributed by atoms with Crippen molar-refractivity contribution in [3.8, 4) is 0 Å². The van der Waals surface area contributed by atoms with Gasteiger partial charge in [0.05, 0.1) is 0 Å². The van der Waals surface area contributed by atoms with Gasteiger partial charge < -0.3 is 15.5 Å². The normalized spacial score (nSPS) is 14.8. The molecule has 1 heterocycles. The predicted molar refractivity (Wildman–Crippen MR) is 98.8 cm³/mol. The van der Waals surface area contributed by atoms with Gasteiger partial charge in [-0.3, -0.25) is 9.59 Å². The standard InChI is InChI=1S/C18H26BrN3O2/c19-16-8-6-15(7-9-16)18(24)22-13-11-21(12-14-22)17(23)5-3-1-2-4-10-20/h6-9H,1-5,10-14,20H2. The van der Waals surface area contributed by atoms with E-state index in [2.05, 4.69) is 15.9 Å². The first-order valence-corrected chi connectivity index (χ1v) is 9.44. The molecule has 0 radical (unpaired) electrons. The van der Waals surface area contributed by atoms with Crippen LogP contribution in [0.3, 0.4) is 0 Å². The highest BCUT2D eigenvalue weighted by molar-refractivity contribution is 9.10. The van der Waals surface area contributed by atoms with E-state index in [1.165, 1.54) is 0 Å². The van der Waals surface area contributed by atoms with Gasteiger partial charge >= 0.3 is 0 Å². The molecule has 1 aromatic rings. The maximum Gasteiger partial charge on any atom is 0.253 e. The molecular formula is C18H26BrN3O2. The Bertz CT molecular complexity index is 540. The molecular weight excluding hydrogens is 370 g/mol. The Morgan fingerprint density at radius 3 is 2.12 bits per heavy atom. The van der Waals surface area contributed by atoms with E-state index in [9.17, 15) is 9.59 Å². The SMILES string of the molecule is NCCCCCCC(=O)N1CCN(C(=O)c2ccc(Br)cc2)CC1. The third-order valence-electron chi connectivity index (χ3n) is 4.36. The molecule has 132 valence electrons. The van der Waals surface area contributed by atoms with Crippen molar-refractivity contribution >= 4 is 27.7 Å². The van der Waals surface area contributed by atoms with Gasteiger partial charge in [-0.05, 0) is 43.7 Å². The van der Waals surface area contributed by atoms with Crippen LogP contribution in [0.4, 0.5) is 0 Å². The number of rotatable bonds is 7. The zero-order chi connectivity index (χ0) is 17.4. The number of benzene rings is 1. The van der Waals surface area contributed by atoms with Crippen molar-refractivity contribution in [3.63, 3.8) is 0 Å². The highest BCUT2D eigenvalue weighted by atomic mass is 79.9. The van der Waals surface area contributed by atoms with Gasteiger partial charge in [-0.1, -0.05) is 28.8 Å². The van der Waals surface area contributed by atoms with Crippen molar-refractivity contribution in [2.45, 2.75) is 32.1 Å². The van der Waals surface area contributed by atoms with Crippen LogP contribution in [-0.2, 0) is 4.79 Å². The summed E-state index contributed by atoms with van der Waals surface area (Å²) >= 11 is 3.37. The second-order valence-corrected chi connectivity index (χ2v) is 7.05. The number of nitrogens with two attached hydrogens (primary N) is 1. The minimum atomic E-state index is 0.0383. The number of nitrogens with zero attached hydrogens (tertiary/aromatic N) is 2. The molecule has 2 N–H and O–H groups in total. The van der Waals surface area contributed by atoms with Crippen LogP contribution in [0.5, 0.6) is 0 Å². The third kappa shape index (κ3) is 5.60. The number of unbranched alkanes of at least 4 members (excludes halogenated alkanes) is 3. The molecule has 1 aliphatic heterocycles. The van der Waals surface area contributed by atoms with Crippen LogP contribution < -0.4 is 5.73 Å². The highest BCUT2D eigenvalue weighted by Crippen LogP contribution is 2.14. The highest BCUT2D eigenvalue weighted by Gasteiger charge is 2.24. The van der Waals surface area contributed by atoms with E-state index < -0.39 is 0 Å². The molecule has 0 bridgehead atoms. The van der Waals surface area contributed by atoms with Crippen molar-refractivity contribution in [3.05, 3.63) is 34.3 Å². The summed E-state index contributed by atoms with van der Waals surface area (Å²) in [6, 6.07) is 7.39. The smallest absolute Gasteiger partial charge is 0.253 e. The Balaban J connectivity index is 1.73. The molecule has 0 spiro atoms. The van der Waals surface area contributed by atoms with Crippen molar-refractivity contribution in [1.29, 1.82) is 0 Å². The van der Waals surface area contributed by atoms with Gasteiger partial charge in [0.1, 0.15) is 0 Å². The van der Waals surface area contributed by atoms with Crippen LogP contribution in [0.15, 0.2) is 28.7 Å². The number of amides is 2. The Morgan fingerprint density at radius 2 is 1.50 bits per heavy atom. The first kappa shape index (κ1) is 18.9. The molecule has 1 aliphatic rings. The number of piperazine rings is 1. The molecule has 1 fully saturated rings. The van der Waals surface area contributed by atoms with E-state index >= 15 is 0 Å². The Labute approximate surface area is 152 Å². The van der Waals surface area contributed by atoms with Gasteiger partial charge in [0.2, 0.25) is 5.91 Å². The molecule has 24 heavy (non-hydrogen) atoms.